The van der Waals surface area contributed by atoms with Gasteiger partial charge >= 0.3 is 0 Å². The van der Waals surface area contributed by atoms with Crippen LogP contribution in [0.2, 0.25) is 0 Å². The molecule has 8 heteroatoms. The molecule has 50 heavy (non-hydrogen) atoms. The summed E-state index contributed by atoms with van der Waals surface area (Å²) in [4.78, 5) is 4.36. The van der Waals surface area contributed by atoms with Gasteiger partial charge in [-0.15, -0.1) is 0 Å². The van der Waals surface area contributed by atoms with Crippen LogP contribution in [0.4, 0.5) is 34.1 Å². The van der Waals surface area contributed by atoms with E-state index in [1.54, 1.807) is 42.7 Å². The molecular formula is C42H40N2O6. The van der Waals surface area contributed by atoms with Crippen molar-refractivity contribution in [3.63, 3.8) is 0 Å². The fourth-order valence-corrected chi connectivity index (χ4v) is 5.91. The van der Waals surface area contributed by atoms with Gasteiger partial charge in [-0.3, -0.25) is 0 Å². The molecule has 8 nitrogen and oxygen atoms in total. The van der Waals surface area contributed by atoms with Crippen molar-refractivity contribution in [1.82, 2.24) is 0 Å². The molecule has 0 aromatic heterocycles. The summed E-state index contributed by atoms with van der Waals surface area (Å²) in [6.45, 7) is 0. The quantitative estimate of drug-likeness (QED) is 0.121. The fraction of sp³-hybridized carbons (Fsp3) is 0.143. The summed E-state index contributed by atoms with van der Waals surface area (Å²) in [6, 6.07) is 44.3. The van der Waals surface area contributed by atoms with Gasteiger partial charge in [0.05, 0.1) is 42.7 Å². The maximum absolute atomic E-state index is 5.98. The molecule has 0 unspecified atom stereocenters. The number of rotatable bonds is 13. The Bertz CT molecular complexity index is 1770. The second-order valence-corrected chi connectivity index (χ2v) is 11.2. The smallest absolute Gasteiger partial charge is 0.126 e. The lowest BCUT2D eigenvalue weighted by Gasteiger charge is -2.28. The van der Waals surface area contributed by atoms with Crippen molar-refractivity contribution in [2.45, 2.75) is 0 Å². The number of methoxy groups -OCH3 is 6. The highest BCUT2D eigenvalue weighted by Crippen LogP contribution is 2.46. The number of hydrogen-bond donors (Lipinski definition) is 0. The molecule has 6 aromatic rings. The van der Waals surface area contributed by atoms with Gasteiger partial charge in [-0.2, -0.15) is 0 Å². The molecule has 0 bridgehead atoms. The zero-order valence-electron chi connectivity index (χ0n) is 29.0. The second kappa shape index (κ2) is 15.3. The number of ether oxygens (including phenoxy) is 6. The van der Waals surface area contributed by atoms with Crippen LogP contribution in [-0.2, 0) is 0 Å². The van der Waals surface area contributed by atoms with Crippen molar-refractivity contribution in [2.75, 3.05) is 52.5 Å². The molecule has 0 fully saturated rings. The van der Waals surface area contributed by atoms with Crippen LogP contribution in [0.25, 0.3) is 11.1 Å². The third-order valence-electron chi connectivity index (χ3n) is 8.50. The summed E-state index contributed by atoms with van der Waals surface area (Å²) >= 11 is 0. The van der Waals surface area contributed by atoms with E-state index in [-0.39, 0.29) is 0 Å². The molecule has 0 saturated heterocycles. The van der Waals surface area contributed by atoms with Crippen molar-refractivity contribution in [3.05, 3.63) is 133 Å². The van der Waals surface area contributed by atoms with Gasteiger partial charge in [0.2, 0.25) is 0 Å². The molecule has 0 aliphatic rings. The van der Waals surface area contributed by atoms with Gasteiger partial charge in [-0.05, 0) is 133 Å². The average Bonchev–Trinajstić information content (AvgIpc) is 3.19. The molecule has 6 rings (SSSR count). The van der Waals surface area contributed by atoms with E-state index in [0.717, 1.165) is 68.2 Å². The highest BCUT2D eigenvalue weighted by molar-refractivity contribution is 5.88. The van der Waals surface area contributed by atoms with E-state index < -0.39 is 0 Å². The minimum Gasteiger partial charge on any atom is -0.497 e. The monoisotopic (exact) mass is 668 g/mol. The average molecular weight is 669 g/mol. The largest absolute Gasteiger partial charge is 0.497 e. The standard InChI is InChI=1S/C42H40N2O6/c1-45-35-17-7-29(8-18-35)43(30-9-19-36(46-2)20-10-30)33-15-25-41(49-5)39(27-33)40-28-34(16-26-42(40)50-6)44(31-11-21-37(47-3)22-12-31)32-13-23-38(48-4)24-14-32/h7-28H,1-6H3. The van der Waals surface area contributed by atoms with E-state index in [2.05, 4.69) is 21.9 Å². The van der Waals surface area contributed by atoms with Gasteiger partial charge in [-0.25, -0.2) is 0 Å². The maximum Gasteiger partial charge on any atom is 0.126 e. The lowest BCUT2D eigenvalue weighted by Crippen LogP contribution is -2.11. The van der Waals surface area contributed by atoms with E-state index in [4.69, 9.17) is 28.4 Å². The first-order valence-electron chi connectivity index (χ1n) is 16.0. The van der Waals surface area contributed by atoms with E-state index in [1.807, 2.05) is 121 Å². The van der Waals surface area contributed by atoms with Gasteiger partial charge < -0.3 is 38.2 Å². The first-order valence-corrected chi connectivity index (χ1v) is 16.0. The summed E-state index contributed by atoms with van der Waals surface area (Å²) in [5.74, 6) is 4.51. The number of hydrogen-bond acceptors (Lipinski definition) is 8. The SMILES string of the molecule is COc1ccc(N(c2ccc(OC)cc2)c2ccc(OC)c(-c3cc(N(c4ccc(OC)cc4)c4ccc(OC)cc4)ccc3OC)c2)cc1. The van der Waals surface area contributed by atoms with Crippen molar-refractivity contribution < 1.29 is 28.4 Å². The number of nitrogens with zero attached hydrogens (tertiary/aromatic N) is 2. The third-order valence-corrected chi connectivity index (χ3v) is 8.50. The molecule has 0 N–H and O–H groups in total. The molecule has 6 aromatic carbocycles. The number of anilines is 6. The Morgan fingerprint density at radius 3 is 0.740 bits per heavy atom. The molecule has 0 heterocycles. The first kappa shape index (κ1) is 33.6. The summed E-state index contributed by atoms with van der Waals surface area (Å²) in [5, 5.41) is 0. The van der Waals surface area contributed by atoms with Crippen molar-refractivity contribution in [3.8, 4) is 45.6 Å². The Balaban J connectivity index is 1.52. The number of benzene rings is 6. The fourth-order valence-electron chi connectivity index (χ4n) is 5.91. The predicted octanol–water partition coefficient (Wildman–Crippen LogP) is 10.3. The van der Waals surface area contributed by atoms with Crippen LogP contribution in [-0.4, -0.2) is 42.7 Å². The molecule has 0 amide bonds. The molecule has 0 aliphatic carbocycles. The highest BCUT2D eigenvalue weighted by Gasteiger charge is 2.21. The Morgan fingerprint density at radius 1 is 0.280 bits per heavy atom. The van der Waals surface area contributed by atoms with Crippen LogP contribution in [0.5, 0.6) is 34.5 Å². The lowest BCUT2D eigenvalue weighted by atomic mass is 10.00. The summed E-state index contributed by atoms with van der Waals surface area (Å²) in [5.41, 5.74) is 7.39. The van der Waals surface area contributed by atoms with Gasteiger partial charge in [0.25, 0.3) is 0 Å². The van der Waals surface area contributed by atoms with Crippen LogP contribution in [0, 0.1) is 0 Å². The van der Waals surface area contributed by atoms with E-state index >= 15 is 0 Å². The third kappa shape index (κ3) is 6.96. The van der Waals surface area contributed by atoms with E-state index in [1.165, 1.54) is 0 Å². The molecule has 0 atom stereocenters. The Morgan fingerprint density at radius 2 is 0.520 bits per heavy atom. The zero-order valence-corrected chi connectivity index (χ0v) is 29.0. The topological polar surface area (TPSA) is 61.9 Å². The summed E-state index contributed by atoms with van der Waals surface area (Å²) in [7, 11) is 10.0. The van der Waals surface area contributed by atoms with Crippen LogP contribution < -0.4 is 38.2 Å². The first-order chi connectivity index (χ1) is 24.5. The molecular weight excluding hydrogens is 628 g/mol. The van der Waals surface area contributed by atoms with E-state index in [0.29, 0.717) is 11.5 Å². The lowest BCUT2D eigenvalue weighted by molar-refractivity contribution is 0.410. The van der Waals surface area contributed by atoms with Crippen molar-refractivity contribution in [1.29, 1.82) is 0 Å². The van der Waals surface area contributed by atoms with E-state index in [9.17, 15) is 0 Å². The van der Waals surface area contributed by atoms with Gasteiger partial charge in [0.15, 0.2) is 0 Å². The van der Waals surface area contributed by atoms with Crippen LogP contribution in [0.15, 0.2) is 133 Å². The van der Waals surface area contributed by atoms with Crippen molar-refractivity contribution in [2.24, 2.45) is 0 Å². The van der Waals surface area contributed by atoms with Crippen LogP contribution >= 0.6 is 0 Å². The summed E-state index contributed by atoms with van der Waals surface area (Å²) < 4.78 is 33.8. The Labute approximate surface area is 293 Å². The Hall–Kier alpha value is -6.28. The minimum absolute atomic E-state index is 0.703. The van der Waals surface area contributed by atoms with Gasteiger partial charge in [-0.1, -0.05) is 0 Å². The summed E-state index contributed by atoms with van der Waals surface area (Å²) in [6.07, 6.45) is 0. The predicted molar refractivity (Wildman–Crippen MR) is 201 cm³/mol. The zero-order chi connectivity index (χ0) is 35.0. The van der Waals surface area contributed by atoms with Gasteiger partial charge in [0, 0.05) is 45.3 Å². The molecule has 0 radical (unpaired) electrons. The highest BCUT2D eigenvalue weighted by atomic mass is 16.5. The van der Waals surface area contributed by atoms with Crippen LogP contribution in [0.3, 0.4) is 0 Å². The van der Waals surface area contributed by atoms with Crippen molar-refractivity contribution >= 4 is 34.1 Å². The second-order valence-electron chi connectivity index (χ2n) is 11.2. The van der Waals surface area contributed by atoms with Gasteiger partial charge in [0.1, 0.15) is 34.5 Å². The Kier molecular flexibility index (Phi) is 10.3. The normalized spacial score (nSPS) is 10.6. The molecule has 0 saturated carbocycles. The minimum atomic E-state index is 0.703. The molecule has 0 spiro atoms. The molecule has 0 aliphatic heterocycles. The maximum atomic E-state index is 5.98. The van der Waals surface area contributed by atoms with Crippen LogP contribution in [0.1, 0.15) is 0 Å². The molecule has 254 valence electrons.